The number of carbonyl (C=O) groups is 1. The van der Waals surface area contributed by atoms with Gasteiger partial charge in [-0.3, -0.25) is 4.79 Å². The van der Waals surface area contributed by atoms with E-state index in [1.807, 2.05) is 0 Å². The monoisotopic (exact) mass is 197 g/mol. The van der Waals surface area contributed by atoms with Crippen molar-refractivity contribution in [3.05, 3.63) is 33.2 Å². The molecule has 0 aliphatic carbocycles. The maximum atomic E-state index is 11.3. The maximum absolute atomic E-state index is 11.3. The second-order valence-corrected chi connectivity index (χ2v) is 2.91. The molecular formula is C9H11NO4. The molecule has 0 aromatic carbocycles. The third-order valence-electron chi connectivity index (χ3n) is 1.75. The molecule has 0 aliphatic heterocycles. The maximum Gasteiger partial charge on any atom is 0.341 e. The van der Waals surface area contributed by atoms with E-state index < -0.39 is 11.4 Å². The lowest BCUT2D eigenvalue weighted by Gasteiger charge is -2.05. The zero-order valence-electron chi connectivity index (χ0n) is 7.96. The highest BCUT2D eigenvalue weighted by atomic mass is 16.5. The first-order valence-corrected chi connectivity index (χ1v) is 4.01. The molecule has 1 rings (SSSR count). The summed E-state index contributed by atoms with van der Waals surface area (Å²) in [6.07, 6.45) is 0. The molecule has 0 aliphatic rings. The summed E-state index contributed by atoms with van der Waals surface area (Å²) in [5, 5.41) is 8.79. The summed E-state index contributed by atoms with van der Waals surface area (Å²) in [6.45, 7) is 1.77. The van der Waals surface area contributed by atoms with Crippen molar-refractivity contribution >= 4 is 5.97 Å². The SMILES string of the molecule is COCc1[nH]c(C)cc(=O)c1C(=O)O. The summed E-state index contributed by atoms with van der Waals surface area (Å²) < 4.78 is 4.80. The summed E-state index contributed by atoms with van der Waals surface area (Å²) in [4.78, 5) is 24.9. The molecule has 14 heavy (non-hydrogen) atoms. The van der Waals surface area contributed by atoms with E-state index in [1.165, 1.54) is 13.2 Å². The Morgan fingerprint density at radius 1 is 1.64 bits per heavy atom. The van der Waals surface area contributed by atoms with E-state index >= 15 is 0 Å². The van der Waals surface area contributed by atoms with Crippen molar-refractivity contribution in [2.24, 2.45) is 0 Å². The number of ether oxygens (including phenoxy) is 1. The van der Waals surface area contributed by atoms with E-state index in [2.05, 4.69) is 4.98 Å². The first kappa shape index (κ1) is 10.5. The van der Waals surface area contributed by atoms with E-state index in [4.69, 9.17) is 9.84 Å². The number of pyridine rings is 1. The molecule has 5 heteroatoms. The minimum absolute atomic E-state index is 0.0819. The Kier molecular flexibility index (Phi) is 3.03. The molecule has 5 nitrogen and oxygen atoms in total. The minimum atomic E-state index is -1.24. The van der Waals surface area contributed by atoms with Crippen LogP contribution in [0.4, 0.5) is 0 Å². The summed E-state index contributed by atoms with van der Waals surface area (Å²) >= 11 is 0. The van der Waals surface area contributed by atoms with E-state index in [0.717, 1.165) is 0 Å². The first-order valence-electron chi connectivity index (χ1n) is 4.01. The molecule has 1 aromatic heterocycles. The molecule has 0 amide bonds. The average Bonchev–Trinajstić information content (AvgIpc) is 2.01. The molecular weight excluding hydrogens is 186 g/mol. The number of H-pyrrole nitrogens is 1. The number of hydrogen-bond acceptors (Lipinski definition) is 3. The summed E-state index contributed by atoms with van der Waals surface area (Å²) in [5.74, 6) is -1.24. The number of carboxylic acids is 1. The number of carboxylic acid groups (broad SMARTS) is 1. The molecule has 76 valence electrons. The summed E-state index contributed by atoms with van der Waals surface area (Å²) in [7, 11) is 1.44. The van der Waals surface area contributed by atoms with Crippen molar-refractivity contribution in [2.45, 2.75) is 13.5 Å². The smallest absolute Gasteiger partial charge is 0.341 e. The van der Waals surface area contributed by atoms with Crippen LogP contribution in [-0.2, 0) is 11.3 Å². The Bertz CT molecular complexity index is 408. The van der Waals surface area contributed by atoms with Crippen LogP contribution in [0.15, 0.2) is 10.9 Å². The highest BCUT2D eigenvalue weighted by molar-refractivity contribution is 5.88. The lowest BCUT2D eigenvalue weighted by Crippen LogP contribution is -2.19. The molecule has 0 radical (unpaired) electrons. The zero-order chi connectivity index (χ0) is 10.7. The van der Waals surface area contributed by atoms with Gasteiger partial charge in [-0.2, -0.15) is 0 Å². The minimum Gasteiger partial charge on any atom is -0.477 e. The number of rotatable bonds is 3. The molecule has 1 aromatic rings. The average molecular weight is 197 g/mol. The van der Waals surface area contributed by atoms with Crippen molar-refractivity contribution in [3.63, 3.8) is 0 Å². The van der Waals surface area contributed by atoms with Crippen molar-refractivity contribution in [2.75, 3.05) is 7.11 Å². The number of methoxy groups -OCH3 is 1. The van der Waals surface area contributed by atoms with Crippen molar-refractivity contribution in [1.82, 2.24) is 4.98 Å². The Morgan fingerprint density at radius 2 is 2.29 bits per heavy atom. The van der Waals surface area contributed by atoms with Gasteiger partial charge in [-0.25, -0.2) is 4.79 Å². The second-order valence-electron chi connectivity index (χ2n) is 2.91. The van der Waals surface area contributed by atoms with Crippen molar-refractivity contribution in [1.29, 1.82) is 0 Å². The van der Waals surface area contributed by atoms with Gasteiger partial charge in [0, 0.05) is 18.9 Å². The molecule has 0 saturated carbocycles. The molecule has 2 N–H and O–H groups in total. The van der Waals surface area contributed by atoms with Crippen LogP contribution in [0.3, 0.4) is 0 Å². The van der Waals surface area contributed by atoms with Crippen LogP contribution >= 0.6 is 0 Å². The molecule has 0 atom stereocenters. The molecule has 0 spiro atoms. The van der Waals surface area contributed by atoms with Crippen LogP contribution in [0, 0.1) is 6.92 Å². The number of nitrogens with one attached hydrogen (secondary N) is 1. The molecule has 0 bridgehead atoms. The Hall–Kier alpha value is -1.62. The van der Waals surface area contributed by atoms with Crippen LogP contribution in [-0.4, -0.2) is 23.2 Å². The first-order chi connectivity index (χ1) is 6.56. The fraction of sp³-hybridized carbons (Fsp3) is 0.333. The van der Waals surface area contributed by atoms with Gasteiger partial charge in [-0.1, -0.05) is 0 Å². The summed E-state index contributed by atoms with van der Waals surface area (Å²) in [6, 6.07) is 1.25. The quantitative estimate of drug-likeness (QED) is 0.740. The number of aromatic nitrogens is 1. The van der Waals surface area contributed by atoms with Crippen LogP contribution in [0.5, 0.6) is 0 Å². The lowest BCUT2D eigenvalue weighted by atomic mass is 10.1. The van der Waals surface area contributed by atoms with Gasteiger partial charge in [0.25, 0.3) is 0 Å². The van der Waals surface area contributed by atoms with Gasteiger partial charge in [0.2, 0.25) is 0 Å². The highest BCUT2D eigenvalue weighted by Crippen LogP contribution is 2.03. The molecule has 0 saturated heterocycles. The molecule has 0 fully saturated rings. The van der Waals surface area contributed by atoms with E-state index in [1.54, 1.807) is 6.92 Å². The predicted molar refractivity (Wildman–Crippen MR) is 49.5 cm³/mol. The Morgan fingerprint density at radius 3 is 2.79 bits per heavy atom. The van der Waals surface area contributed by atoms with Crippen molar-refractivity contribution in [3.8, 4) is 0 Å². The van der Waals surface area contributed by atoms with Crippen LogP contribution in [0.1, 0.15) is 21.7 Å². The fourth-order valence-corrected chi connectivity index (χ4v) is 1.24. The number of aryl methyl sites for hydroxylation is 1. The Balaban J connectivity index is 3.36. The molecule has 0 unspecified atom stereocenters. The van der Waals surface area contributed by atoms with Gasteiger partial charge in [0.05, 0.1) is 12.3 Å². The van der Waals surface area contributed by atoms with Gasteiger partial charge in [0.15, 0.2) is 5.43 Å². The zero-order valence-corrected chi connectivity index (χ0v) is 7.96. The van der Waals surface area contributed by atoms with Gasteiger partial charge >= 0.3 is 5.97 Å². The van der Waals surface area contributed by atoms with E-state index in [-0.39, 0.29) is 12.2 Å². The standard InChI is InChI=1S/C9H11NO4/c1-5-3-7(11)8(9(12)13)6(10-5)4-14-2/h3H,4H2,1-2H3,(H,10,11)(H,12,13). The topological polar surface area (TPSA) is 79.4 Å². The lowest BCUT2D eigenvalue weighted by molar-refractivity contribution is 0.0689. The van der Waals surface area contributed by atoms with Gasteiger partial charge in [0.1, 0.15) is 5.56 Å². The van der Waals surface area contributed by atoms with Crippen LogP contribution in [0.2, 0.25) is 0 Å². The third kappa shape index (κ3) is 2.00. The normalized spacial score (nSPS) is 10.1. The van der Waals surface area contributed by atoms with Crippen molar-refractivity contribution < 1.29 is 14.6 Å². The van der Waals surface area contributed by atoms with E-state index in [0.29, 0.717) is 11.4 Å². The second kappa shape index (κ2) is 4.06. The highest BCUT2D eigenvalue weighted by Gasteiger charge is 2.14. The third-order valence-corrected chi connectivity index (χ3v) is 1.75. The summed E-state index contributed by atoms with van der Waals surface area (Å²) in [5.41, 5.74) is 0.162. The van der Waals surface area contributed by atoms with Crippen LogP contribution < -0.4 is 5.43 Å². The van der Waals surface area contributed by atoms with Crippen LogP contribution in [0.25, 0.3) is 0 Å². The number of aromatic carboxylic acids is 1. The predicted octanol–water partition coefficient (Wildman–Crippen LogP) is 0.528. The van der Waals surface area contributed by atoms with Gasteiger partial charge in [-0.05, 0) is 6.92 Å². The number of hydrogen-bond donors (Lipinski definition) is 2. The fourth-order valence-electron chi connectivity index (χ4n) is 1.24. The largest absolute Gasteiger partial charge is 0.477 e. The Labute approximate surface area is 80.3 Å². The number of aromatic amines is 1. The van der Waals surface area contributed by atoms with Gasteiger partial charge in [-0.15, -0.1) is 0 Å². The molecule has 1 heterocycles. The van der Waals surface area contributed by atoms with E-state index in [9.17, 15) is 9.59 Å². The van der Waals surface area contributed by atoms with Gasteiger partial charge < -0.3 is 14.8 Å².